The largest absolute Gasteiger partial charge is 0.497 e. The number of carbonyl (C=O) groups is 1. The molecule has 1 amide bonds. The van der Waals surface area contributed by atoms with Crippen LogP contribution in [0.25, 0.3) is 0 Å². The van der Waals surface area contributed by atoms with Gasteiger partial charge in [0.15, 0.2) is 5.13 Å². The maximum Gasteiger partial charge on any atom is 0.263 e. The van der Waals surface area contributed by atoms with Gasteiger partial charge in [0, 0.05) is 11.4 Å². The van der Waals surface area contributed by atoms with Crippen LogP contribution < -0.4 is 19.5 Å². The van der Waals surface area contributed by atoms with Crippen LogP contribution in [-0.4, -0.2) is 33.5 Å². The summed E-state index contributed by atoms with van der Waals surface area (Å²) in [6, 6.07) is 13.0. The number of methoxy groups -OCH3 is 2. The lowest BCUT2D eigenvalue weighted by atomic mass is 10.2. The topological polar surface area (TPSA) is 107 Å². The van der Waals surface area contributed by atoms with Crippen LogP contribution in [0.4, 0.5) is 10.8 Å². The molecule has 0 atom stereocenters. The van der Waals surface area contributed by atoms with Crippen molar-refractivity contribution < 1.29 is 22.7 Å². The van der Waals surface area contributed by atoms with E-state index in [1.807, 2.05) is 0 Å². The van der Waals surface area contributed by atoms with Gasteiger partial charge in [-0.25, -0.2) is 13.4 Å². The molecule has 0 aliphatic carbocycles. The molecule has 0 saturated carbocycles. The Kier molecular flexibility index (Phi) is 6.35. The minimum Gasteiger partial charge on any atom is -0.497 e. The predicted molar refractivity (Wildman–Crippen MR) is 111 cm³/mol. The molecule has 0 saturated heterocycles. The number of ether oxygens (including phenoxy) is 2. The van der Waals surface area contributed by atoms with E-state index < -0.39 is 10.0 Å². The SMILES string of the molecule is COc1ccc(NC(=O)Cc2csc(NS(=O)(=O)c3ccccc3)n2)c(OC)c1. The third kappa shape index (κ3) is 5.24. The molecule has 0 bridgehead atoms. The number of anilines is 2. The van der Waals surface area contributed by atoms with Crippen molar-refractivity contribution in [3.05, 3.63) is 59.6 Å². The van der Waals surface area contributed by atoms with Crippen LogP contribution in [0.5, 0.6) is 11.5 Å². The predicted octanol–water partition coefficient (Wildman–Crippen LogP) is 3.14. The maximum atomic E-state index is 12.3. The van der Waals surface area contributed by atoms with Crippen molar-refractivity contribution in [1.29, 1.82) is 0 Å². The van der Waals surface area contributed by atoms with E-state index in [2.05, 4.69) is 15.0 Å². The molecule has 0 aliphatic rings. The van der Waals surface area contributed by atoms with E-state index in [0.717, 1.165) is 11.3 Å². The van der Waals surface area contributed by atoms with Crippen LogP contribution in [0.3, 0.4) is 0 Å². The van der Waals surface area contributed by atoms with Gasteiger partial charge in [-0.3, -0.25) is 9.52 Å². The number of benzene rings is 2. The van der Waals surface area contributed by atoms with Crippen molar-refractivity contribution in [1.82, 2.24) is 4.98 Å². The lowest BCUT2D eigenvalue weighted by molar-refractivity contribution is -0.115. The number of hydrogen-bond donors (Lipinski definition) is 2. The zero-order valence-corrected chi connectivity index (χ0v) is 17.3. The Labute approximate surface area is 172 Å². The van der Waals surface area contributed by atoms with Gasteiger partial charge in [-0.05, 0) is 24.3 Å². The van der Waals surface area contributed by atoms with Crippen molar-refractivity contribution >= 4 is 38.1 Å². The van der Waals surface area contributed by atoms with Crippen LogP contribution in [0.1, 0.15) is 5.69 Å². The summed E-state index contributed by atoms with van der Waals surface area (Å²) in [6.07, 6.45) is -0.0151. The lowest BCUT2D eigenvalue weighted by Crippen LogP contribution is -2.16. The molecule has 1 aromatic heterocycles. The number of sulfonamides is 1. The number of nitrogens with zero attached hydrogens (tertiary/aromatic N) is 1. The van der Waals surface area contributed by atoms with Crippen LogP contribution >= 0.6 is 11.3 Å². The van der Waals surface area contributed by atoms with Gasteiger partial charge in [0.2, 0.25) is 5.91 Å². The number of aromatic nitrogens is 1. The first kappa shape index (κ1) is 20.6. The minimum atomic E-state index is -3.72. The van der Waals surface area contributed by atoms with E-state index in [-0.39, 0.29) is 22.4 Å². The first-order chi connectivity index (χ1) is 13.9. The molecule has 0 radical (unpaired) electrons. The minimum absolute atomic E-state index is 0.0151. The summed E-state index contributed by atoms with van der Waals surface area (Å²) in [4.78, 5) is 16.7. The third-order valence-electron chi connectivity index (χ3n) is 3.85. The molecule has 1 heterocycles. The van der Waals surface area contributed by atoms with E-state index in [9.17, 15) is 13.2 Å². The molecule has 3 aromatic rings. The van der Waals surface area contributed by atoms with Gasteiger partial charge in [-0.2, -0.15) is 0 Å². The number of hydrogen-bond acceptors (Lipinski definition) is 7. The second kappa shape index (κ2) is 8.93. The van der Waals surface area contributed by atoms with Gasteiger partial charge >= 0.3 is 0 Å². The molecule has 2 N–H and O–H groups in total. The van der Waals surface area contributed by atoms with Gasteiger partial charge in [-0.15, -0.1) is 11.3 Å². The highest BCUT2D eigenvalue weighted by Gasteiger charge is 2.17. The Morgan fingerprint density at radius 2 is 1.86 bits per heavy atom. The molecule has 10 heteroatoms. The van der Waals surface area contributed by atoms with E-state index >= 15 is 0 Å². The molecular weight excluding hydrogens is 414 g/mol. The van der Waals surface area contributed by atoms with E-state index in [1.54, 1.807) is 48.9 Å². The van der Waals surface area contributed by atoms with Crippen LogP contribution in [0.2, 0.25) is 0 Å². The van der Waals surface area contributed by atoms with Crippen LogP contribution in [-0.2, 0) is 21.2 Å². The highest BCUT2D eigenvalue weighted by Crippen LogP contribution is 2.29. The van der Waals surface area contributed by atoms with E-state index in [4.69, 9.17) is 9.47 Å². The van der Waals surface area contributed by atoms with Gasteiger partial charge < -0.3 is 14.8 Å². The third-order valence-corrected chi connectivity index (χ3v) is 6.14. The average molecular weight is 434 g/mol. The van der Waals surface area contributed by atoms with E-state index in [0.29, 0.717) is 22.9 Å². The van der Waals surface area contributed by atoms with Crippen molar-refractivity contribution in [2.75, 3.05) is 24.3 Å². The number of thiazole rings is 1. The summed E-state index contributed by atoms with van der Waals surface area (Å²) in [5, 5.41) is 4.58. The normalized spacial score (nSPS) is 11.0. The van der Waals surface area contributed by atoms with E-state index in [1.165, 1.54) is 19.2 Å². The molecular formula is C19H19N3O5S2. The standard InChI is InChI=1S/C19H19N3O5S2/c1-26-14-8-9-16(17(11-14)27-2)21-18(23)10-13-12-28-19(20-13)22-29(24,25)15-6-4-3-5-7-15/h3-9,11-12H,10H2,1-2H3,(H,20,22)(H,21,23). The Morgan fingerprint density at radius 3 is 2.55 bits per heavy atom. The summed E-state index contributed by atoms with van der Waals surface area (Å²) < 4.78 is 37.5. The molecule has 152 valence electrons. The number of nitrogens with one attached hydrogen (secondary N) is 2. The van der Waals surface area contributed by atoms with Crippen molar-refractivity contribution in [3.8, 4) is 11.5 Å². The maximum absolute atomic E-state index is 12.3. The smallest absolute Gasteiger partial charge is 0.263 e. The van der Waals surface area contributed by atoms with Gasteiger partial charge in [-0.1, -0.05) is 18.2 Å². The first-order valence-corrected chi connectivity index (χ1v) is 10.8. The lowest BCUT2D eigenvalue weighted by Gasteiger charge is -2.11. The molecule has 2 aromatic carbocycles. The number of amides is 1. The summed E-state index contributed by atoms with van der Waals surface area (Å²) >= 11 is 1.11. The fraction of sp³-hybridized carbons (Fsp3) is 0.158. The summed E-state index contributed by atoms with van der Waals surface area (Å²) in [5.41, 5.74) is 0.948. The monoisotopic (exact) mass is 433 g/mol. The molecule has 0 fully saturated rings. The fourth-order valence-corrected chi connectivity index (χ4v) is 4.45. The Morgan fingerprint density at radius 1 is 1.10 bits per heavy atom. The molecule has 3 rings (SSSR count). The van der Waals surface area contributed by atoms with Crippen LogP contribution in [0.15, 0.2) is 58.8 Å². The highest BCUT2D eigenvalue weighted by molar-refractivity contribution is 7.93. The zero-order chi connectivity index (χ0) is 20.9. The Bertz CT molecular complexity index is 1100. The van der Waals surface area contributed by atoms with Gasteiger partial charge in [0.1, 0.15) is 11.5 Å². The van der Waals surface area contributed by atoms with Crippen molar-refractivity contribution in [3.63, 3.8) is 0 Å². The quantitative estimate of drug-likeness (QED) is 0.565. The van der Waals surface area contributed by atoms with Crippen molar-refractivity contribution in [2.24, 2.45) is 0 Å². The fourth-order valence-electron chi connectivity index (χ4n) is 2.47. The number of carbonyl (C=O) groups excluding carboxylic acids is 1. The molecule has 0 unspecified atom stereocenters. The Balaban J connectivity index is 1.65. The molecule has 8 nitrogen and oxygen atoms in total. The zero-order valence-electron chi connectivity index (χ0n) is 15.7. The van der Waals surface area contributed by atoms with Gasteiger partial charge in [0.25, 0.3) is 10.0 Å². The number of rotatable bonds is 8. The summed E-state index contributed by atoms with van der Waals surface area (Å²) in [7, 11) is -0.687. The molecule has 0 spiro atoms. The average Bonchev–Trinajstić information content (AvgIpc) is 3.14. The highest BCUT2D eigenvalue weighted by atomic mass is 32.2. The summed E-state index contributed by atoms with van der Waals surface area (Å²) in [5.74, 6) is 0.762. The van der Waals surface area contributed by atoms with Gasteiger partial charge in [0.05, 0.1) is 36.9 Å². The van der Waals surface area contributed by atoms with Crippen molar-refractivity contribution in [2.45, 2.75) is 11.3 Å². The second-order valence-electron chi connectivity index (χ2n) is 5.85. The second-order valence-corrected chi connectivity index (χ2v) is 8.39. The molecule has 29 heavy (non-hydrogen) atoms. The molecule has 0 aliphatic heterocycles. The summed E-state index contributed by atoms with van der Waals surface area (Å²) in [6.45, 7) is 0. The first-order valence-electron chi connectivity index (χ1n) is 8.45. The Hall–Kier alpha value is -3.11. The van der Waals surface area contributed by atoms with Crippen LogP contribution in [0, 0.1) is 0 Å².